The van der Waals surface area contributed by atoms with Crippen molar-refractivity contribution in [2.45, 2.75) is 17.7 Å². The first-order chi connectivity index (χ1) is 8.67. The van der Waals surface area contributed by atoms with Gasteiger partial charge in [-0.05, 0) is 12.5 Å². The van der Waals surface area contributed by atoms with E-state index >= 15 is 0 Å². The number of nitrogens with two attached hydrogens (primary N) is 1. The standard InChI is InChI=1S/C13H15N3OS/c1-9-4-3-5-10(6-9)8-18-12-7-11(17-2)15-13(14)16-12/h3-7H,8H2,1-2H3,(H2,14,15,16). The fraction of sp³-hybridized carbons (Fsp3) is 0.231. The summed E-state index contributed by atoms with van der Waals surface area (Å²) in [6, 6.07) is 10.2. The van der Waals surface area contributed by atoms with Crippen LogP contribution in [0.3, 0.4) is 0 Å². The van der Waals surface area contributed by atoms with E-state index in [4.69, 9.17) is 10.5 Å². The summed E-state index contributed by atoms with van der Waals surface area (Å²) in [5.41, 5.74) is 8.13. The van der Waals surface area contributed by atoms with Crippen molar-refractivity contribution in [1.82, 2.24) is 9.97 Å². The van der Waals surface area contributed by atoms with Gasteiger partial charge in [0.15, 0.2) is 0 Å². The number of aromatic nitrogens is 2. The topological polar surface area (TPSA) is 61.0 Å². The van der Waals surface area contributed by atoms with Crippen LogP contribution in [0.2, 0.25) is 0 Å². The second-order valence-electron chi connectivity index (χ2n) is 3.88. The first-order valence-corrected chi connectivity index (χ1v) is 6.53. The van der Waals surface area contributed by atoms with Crippen molar-refractivity contribution < 1.29 is 4.74 Å². The Hall–Kier alpha value is -1.75. The summed E-state index contributed by atoms with van der Waals surface area (Å²) in [7, 11) is 1.57. The van der Waals surface area contributed by atoms with Gasteiger partial charge in [0.25, 0.3) is 0 Å². The minimum atomic E-state index is 0.237. The minimum absolute atomic E-state index is 0.237. The summed E-state index contributed by atoms with van der Waals surface area (Å²) >= 11 is 1.61. The van der Waals surface area contributed by atoms with Crippen LogP contribution in [-0.4, -0.2) is 17.1 Å². The van der Waals surface area contributed by atoms with Crippen LogP contribution in [0.4, 0.5) is 5.95 Å². The monoisotopic (exact) mass is 261 g/mol. The van der Waals surface area contributed by atoms with Gasteiger partial charge in [-0.1, -0.05) is 29.8 Å². The molecule has 0 aliphatic carbocycles. The molecular weight excluding hydrogens is 246 g/mol. The second kappa shape index (κ2) is 5.73. The molecule has 0 saturated carbocycles. The molecule has 0 fully saturated rings. The highest BCUT2D eigenvalue weighted by molar-refractivity contribution is 7.98. The van der Waals surface area contributed by atoms with Gasteiger partial charge in [0.2, 0.25) is 11.8 Å². The Labute approximate surface area is 111 Å². The zero-order valence-corrected chi connectivity index (χ0v) is 11.2. The lowest BCUT2D eigenvalue weighted by atomic mass is 10.2. The highest BCUT2D eigenvalue weighted by Gasteiger charge is 2.03. The number of rotatable bonds is 4. The van der Waals surface area contributed by atoms with Gasteiger partial charge < -0.3 is 10.5 Å². The van der Waals surface area contributed by atoms with Crippen LogP contribution in [0, 0.1) is 6.92 Å². The number of anilines is 1. The third kappa shape index (κ3) is 3.37. The van der Waals surface area contributed by atoms with Crippen LogP contribution >= 0.6 is 11.8 Å². The van der Waals surface area contributed by atoms with Crippen molar-refractivity contribution in [2.24, 2.45) is 0 Å². The normalized spacial score (nSPS) is 10.3. The predicted molar refractivity (Wildman–Crippen MR) is 73.7 cm³/mol. The number of thioether (sulfide) groups is 1. The highest BCUT2D eigenvalue weighted by Crippen LogP contribution is 2.24. The summed E-state index contributed by atoms with van der Waals surface area (Å²) < 4.78 is 5.06. The number of aryl methyl sites for hydroxylation is 1. The first kappa shape index (κ1) is 12.7. The van der Waals surface area contributed by atoms with E-state index in [-0.39, 0.29) is 5.95 Å². The van der Waals surface area contributed by atoms with Crippen molar-refractivity contribution in [2.75, 3.05) is 12.8 Å². The van der Waals surface area contributed by atoms with E-state index in [1.807, 2.05) is 0 Å². The third-order valence-corrected chi connectivity index (χ3v) is 3.36. The van der Waals surface area contributed by atoms with E-state index in [0.717, 1.165) is 10.8 Å². The summed E-state index contributed by atoms with van der Waals surface area (Å²) in [4.78, 5) is 8.12. The molecule has 2 aromatic rings. The largest absolute Gasteiger partial charge is 0.481 e. The maximum Gasteiger partial charge on any atom is 0.224 e. The van der Waals surface area contributed by atoms with E-state index in [1.54, 1.807) is 24.9 Å². The number of ether oxygens (including phenoxy) is 1. The molecule has 0 unspecified atom stereocenters. The molecular formula is C13H15N3OS. The van der Waals surface area contributed by atoms with E-state index < -0.39 is 0 Å². The second-order valence-corrected chi connectivity index (χ2v) is 4.88. The lowest BCUT2D eigenvalue weighted by Gasteiger charge is -2.05. The SMILES string of the molecule is COc1cc(SCc2cccc(C)c2)nc(N)n1. The maximum atomic E-state index is 5.61. The summed E-state index contributed by atoms with van der Waals surface area (Å²) in [6.45, 7) is 2.08. The van der Waals surface area contributed by atoms with Gasteiger partial charge in [-0.2, -0.15) is 4.98 Å². The van der Waals surface area contributed by atoms with Crippen molar-refractivity contribution in [3.05, 3.63) is 41.5 Å². The Morgan fingerprint density at radius 1 is 1.28 bits per heavy atom. The van der Waals surface area contributed by atoms with Gasteiger partial charge in [-0.3, -0.25) is 0 Å². The lowest BCUT2D eigenvalue weighted by molar-refractivity contribution is 0.396. The molecule has 0 amide bonds. The van der Waals surface area contributed by atoms with E-state index in [2.05, 4.69) is 41.2 Å². The summed E-state index contributed by atoms with van der Waals surface area (Å²) in [6.07, 6.45) is 0. The average molecular weight is 261 g/mol. The molecule has 18 heavy (non-hydrogen) atoms. The molecule has 0 saturated heterocycles. The molecule has 0 aliphatic rings. The van der Waals surface area contributed by atoms with Gasteiger partial charge in [-0.25, -0.2) is 4.98 Å². The van der Waals surface area contributed by atoms with Crippen LogP contribution in [0.15, 0.2) is 35.4 Å². The van der Waals surface area contributed by atoms with Gasteiger partial charge in [0.1, 0.15) is 5.03 Å². The van der Waals surface area contributed by atoms with Gasteiger partial charge in [-0.15, -0.1) is 11.8 Å². The zero-order chi connectivity index (χ0) is 13.0. The Balaban J connectivity index is 2.08. The Kier molecular flexibility index (Phi) is 4.04. The number of nitrogens with zero attached hydrogens (tertiary/aromatic N) is 2. The highest BCUT2D eigenvalue weighted by atomic mass is 32.2. The molecule has 0 aliphatic heterocycles. The van der Waals surface area contributed by atoms with Gasteiger partial charge in [0, 0.05) is 11.8 Å². The maximum absolute atomic E-state index is 5.61. The average Bonchev–Trinajstić information content (AvgIpc) is 2.36. The molecule has 1 aromatic heterocycles. The molecule has 0 bridgehead atoms. The van der Waals surface area contributed by atoms with Crippen LogP contribution in [0.5, 0.6) is 5.88 Å². The van der Waals surface area contributed by atoms with Crippen LogP contribution in [0.1, 0.15) is 11.1 Å². The predicted octanol–water partition coefficient (Wildman–Crippen LogP) is 2.67. The van der Waals surface area contributed by atoms with Gasteiger partial charge in [0.05, 0.1) is 7.11 Å². The molecule has 94 valence electrons. The quantitative estimate of drug-likeness (QED) is 0.677. The van der Waals surface area contributed by atoms with Gasteiger partial charge >= 0.3 is 0 Å². The molecule has 1 heterocycles. The molecule has 1 aromatic carbocycles. The molecule has 0 spiro atoms. The molecule has 5 heteroatoms. The molecule has 0 atom stereocenters. The van der Waals surface area contributed by atoms with Crippen LogP contribution < -0.4 is 10.5 Å². The van der Waals surface area contributed by atoms with Crippen molar-refractivity contribution in [3.8, 4) is 5.88 Å². The molecule has 2 N–H and O–H groups in total. The van der Waals surface area contributed by atoms with E-state index in [9.17, 15) is 0 Å². The summed E-state index contributed by atoms with van der Waals surface area (Å²) in [5, 5.41) is 0.820. The van der Waals surface area contributed by atoms with Crippen LogP contribution in [0.25, 0.3) is 0 Å². The third-order valence-electron chi connectivity index (χ3n) is 2.37. The number of hydrogen-bond acceptors (Lipinski definition) is 5. The first-order valence-electron chi connectivity index (χ1n) is 5.54. The Bertz CT molecular complexity index is 546. The van der Waals surface area contributed by atoms with E-state index in [0.29, 0.717) is 5.88 Å². The molecule has 4 nitrogen and oxygen atoms in total. The fourth-order valence-corrected chi connectivity index (χ4v) is 2.40. The van der Waals surface area contributed by atoms with Crippen molar-refractivity contribution in [1.29, 1.82) is 0 Å². The van der Waals surface area contributed by atoms with E-state index in [1.165, 1.54) is 11.1 Å². The Morgan fingerprint density at radius 2 is 2.11 bits per heavy atom. The smallest absolute Gasteiger partial charge is 0.224 e. The number of hydrogen-bond donors (Lipinski definition) is 1. The fourth-order valence-electron chi connectivity index (χ4n) is 1.56. The Morgan fingerprint density at radius 3 is 2.83 bits per heavy atom. The van der Waals surface area contributed by atoms with Crippen molar-refractivity contribution in [3.63, 3.8) is 0 Å². The number of benzene rings is 1. The summed E-state index contributed by atoms with van der Waals surface area (Å²) in [5.74, 6) is 1.58. The zero-order valence-electron chi connectivity index (χ0n) is 10.4. The number of methoxy groups -OCH3 is 1. The number of nitrogen functional groups attached to an aromatic ring is 1. The minimum Gasteiger partial charge on any atom is -0.481 e. The van der Waals surface area contributed by atoms with Crippen LogP contribution in [-0.2, 0) is 5.75 Å². The molecule has 2 rings (SSSR count). The molecule has 0 radical (unpaired) electrons. The lowest BCUT2D eigenvalue weighted by Crippen LogP contribution is -1.98. The van der Waals surface area contributed by atoms with Crippen molar-refractivity contribution >= 4 is 17.7 Å².